The van der Waals surface area contributed by atoms with Crippen molar-refractivity contribution in [3.8, 4) is 0 Å². The van der Waals surface area contributed by atoms with E-state index in [2.05, 4.69) is 24.1 Å². The van der Waals surface area contributed by atoms with Crippen LogP contribution in [0.3, 0.4) is 0 Å². The Morgan fingerprint density at radius 1 is 1.57 bits per heavy atom. The summed E-state index contributed by atoms with van der Waals surface area (Å²) in [6.07, 6.45) is 0. The molecule has 0 aromatic heterocycles. The Bertz CT molecular complexity index is 174. The quantitative estimate of drug-likeness (QED) is 0.656. The van der Waals surface area contributed by atoms with Crippen LogP contribution in [0.5, 0.6) is 0 Å². The lowest BCUT2D eigenvalue weighted by Gasteiger charge is -2.45. The number of piperazine rings is 1. The monoisotopic (exact) mass is 202 g/mol. The van der Waals surface area contributed by atoms with E-state index >= 15 is 0 Å². The summed E-state index contributed by atoms with van der Waals surface area (Å²) in [4.78, 5) is 2.37. The third-order valence-corrected chi connectivity index (χ3v) is 2.91. The lowest BCUT2D eigenvalue weighted by atomic mass is 9.98. The molecule has 0 aliphatic carbocycles. The Labute approximate surface area is 86.2 Å². The van der Waals surface area contributed by atoms with E-state index in [1.807, 2.05) is 0 Å². The van der Waals surface area contributed by atoms with Crippen molar-refractivity contribution >= 4 is 0 Å². The molecule has 1 heterocycles. The molecular weight excluding hydrogens is 180 g/mol. The van der Waals surface area contributed by atoms with E-state index in [4.69, 9.17) is 9.84 Å². The van der Waals surface area contributed by atoms with Gasteiger partial charge in [-0.1, -0.05) is 0 Å². The Hall–Kier alpha value is -0.160. The topological polar surface area (TPSA) is 44.7 Å². The third-order valence-electron chi connectivity index (χ3n) is 2.91. The van der Waals surface area contributed by atoms with Crippen molar-refractivity contribution in [2.75, 3.05) is 40.0 Å². The van der Waals surface area contributed by atoms with E-state index in [0.29, 0.717) is 0 Å². The lowest BCUT2D eigenvalue weighted by molar-refractivity contribution is 0.0283. The Morgan fingerprint density at radius 3 is 2.86 bits per heavy atom. The Kier molecular flexibility index (Phi) is 4.31. The zero-order chi connectivity index (χ0) is 10.6. The fourth-order valence-electron chi connectivity index (χ4n) is 1.80. The summed E-state index contributed by atoms with van der Waals surface area (Å²) < 4.78 is 5.08. The van der Waals surface area contributed by atoms with Crippen molar-refractivity contribution in [2.24, 2.45) is 0 Å². The van der Waals surface area contributed by atoms with Crippen LogP contribution in [0.25, 0.3) is 0 Å². The van der Waals surface area contributed by atoms with Gasteiger partial charge in [0, 0.05) is 38.3 Å². The average molecular weight is 202 g/mol. The third kappa shape index (κ3) is 2.92. The molecule has 84 valence electrons. The fraction of sp³-hybridized carbons (Fsp3) is 1.00. The van der Waals surface area contributed by atoms with Gasteiger partial charge in [0.2, 0.25) is 0 Å². The molecule has 1 aliphatic rings. The Morgan fingerprint density at radius 2 is 2.29 bits per heavy atom. The van der Waals surface area contributed by atoms with Crippen LogP contribution in [0.1, 0.15) is 13.8 Å². The summed E-state index contributed by atoms with van der Waals surface area (Å²) in [5.41, 5.74) is 0.157. The Balaban J connectivity index is 2.48. The molecule has 0 amide bonds. The zero-order valence-electron chi connectivity index (χ0n) is 9.42. The molecule has 1 atom stereocenters. The highest BCUT2D eigenvalue weighted by molar-refractivity contribution is 4.92. The fourth-order valence-corrected chi connectivity index (χ4v) is 1.80. The first-order valence-electron chi connectivity index (χ1n) is 5.18. The van der Waals surface area contributed by atoms with E-state index < -0.39 is 0 Å². The number of nitrogens with one attached hydrogen (secondary N) is 1. The van der Waals surface area contributed by atoms with Gasteiger partial charge in [0.05, 0.1) is 13.2 Å². The predicted molar refractivity (Wildman–Crippen MR) is 56.4 cm³/mol. The van der Waals surface area contributed by atoms with Crippen molar-refractivity contribution in [3.63, 3.8) is 0 Å². The number of nitrogens with zero attached hydrogens (tertiary/aromatic N) is 1. The number of hydrogen-bond donors (Lipinski definition) is 2. The largest absolute Gasteiger partial charge is 0.395 e. The van der Waals surface area contributed by atoms with Crippen LogP contribution < -0.4 is 5.32 Å². The maximum atomic E-state index is 9.08. The normalized spacial score (nSPS) is 27.9. The van der Waals surface area contributed by atoms with Gasteiger partial charge in [0.1, 0.15) is 0 Å². The molecule has 4 nitrogen and oxygen atoms in total. The average Bonchev–Trinajstić information content (AvgIpc) is 2.16. The van der Waals surface area contributed by atoms with Crippen molar-refractivity contribution < 1.29 is 9.84 Å². The van der Waals surface area contributed by atoms with E-state index in [1.165, 1.54) is 0 Å². The summed E-state index contributed by atoms with van der Waals surface area (Å²) in [5, 5.41) is 12.4. The van der Waals surface area contributed by atoms with Gasteiger partial charge in [-0.05, 0) is 13.8 Å². The van der Waals surface area contributed by atoms with Crippen LogP contribution in [0.15, 0.2) is 0 Å². The number of hydrogen-bond acceptors (Lipinski definition) is 4. The molecule has 0 radical (unpaired) electrons. The molecule has 0 bridgehead atoms. The molecule has 0 aromatic rings. The molecule has 1 fully saturated rings. The SMILES string of the molecule is COCCN1CC(CO)NCC1(C)C. The summed E-state index contributed by atoms with van der Waals surface area (Å²) >= 11 is 0. The molecule has 1 aliphatic heterocycles. The second-order valence-corrected chi connectivity index (χ2v) is 4.51. The van der Waals surface area contributed by atoms with Crippen LogP contribution in [-0.2, 0) is 4.74 Å². The van der Waals surface area contributed by atoms with Gasteiger partial charge >= 0.3 is 0 Å². The summed E-state index contributed by atoms with van der Waals surface area (Å²) in [6, 6.07) is 0.208. The molecular formula is C10H22N2O2. The van der Waals surface area contributed by atoms with Crippen molar-refractivity contribution in [1.82, 2.24) is 10.2 Å². The van der Waals surface area contributed by atoms with Gasteiger partial charge in [-0.2, -0.15) is 0 Å². The van der Waals surface area contributed by atoms with Gasteiger partial charge in [-0.3, -0.25) is 4.90 Å². The van der Waals surface area contributed by atoms with Crippen LogP contribution in [0, 0.1) is 0 Å². The standard InChI is InChI=1S/C10H22N2O2/c1-10(2)8-11-9(7-13)6-12(10)4-5-14-3/h9,11,13H,4-8H2,1-3H3. The highest BCUT2D eigenvalue weighted by Gasteiger charge is 2.32. The summed E-state index contributed by atoms with van der Waals surface area (Å²) in [7, 11) is 1.72. The van der Waals surface area contributed by atoms with Crippen molar-refractivity contribution in [3.05, 3.63) is 0 Å². The maximum Gasteiger partial charge on any atom is 0.0597 e. The predicted octanol–water partition coefficient (Wildman–Crippen LogP) is -0.322. The van der Waals surface area contributed by atoms with Crippen LogP contribution in [-0.4, -0.2) is 61.5 Å². The van der Waals surface area contributed by atoms with Crippen molar-refractivity contribution in [1.29, 1.82) is 0 Å². The number of rotatable bonds is 4. The van der Waals surface area contributed by atoms with Gasteiger partial charge in [-0.15, -0.1) is 0 Å². The first kappa shape index (κ1) is 11.9. The highest BCUT2D eigenvalue weighted by atomic mass is 16.5. The van der Waals surface area contributed by atoms with Gasteiger partial charge in [0.25, 0.3) is 0 Å². The minimum absolute atomic E-state index is 0.157. The smallest absolute Gasteiger partial charge is 0.0597 e. The molecule has 1 unspecified atom stereocenters. The molecule has 1 rings (SSSR count). The molecule has 2 N–H and O–H groups in total. The summed E-state index contributed by atoms with van der Waals surface area (Å²) in [6.45, 7) is 8.13. The van der Waals surface area contributed by atoms with Gasteiger partial charge in [0.15, 0.2) is 0 Å². The van der Waals surface area contributed by atoms with E-state index in [1.54, 1.807) is 7.11 Å². The van der Waals surface area contributed by atoms with Crippen LogP contribution in [0.4, 0.5) is 0 Å². The second-order valence-electron chi connectivity index (χ2n) is 4.51. The molecule has 0 aromatic carbocycles. The minimum Gasteiger partial charge on any atom is -0.395 e. The van der Waals surface area contributed by atoms with Gasteiger partial charge in [-0.25, -0.2) is 0 Å². The van der Waals surface area contributed by atoms with Crippen LogP contribution >= 0.6 is 0 Å². The summed E-state index contributed by atoms with van der Waals surface area (Å²) in [5.74, 6) is 0. The second kappa shape index (κ2) is 5.07. The van der Waals surface area contributed by atoms with Gasteiger partial charge < -0.3 is 15.2 Å². The number of methoxy groups -OCH3 is 1. The molecule has 0 spiro atoms. The van der Waals surface area contributed by atoms with Crippen molar-refractivity contribution in [2.45, 2.75) is 25.4 Å². The highest BCUT2D eigenvalue weighted by Crippen LogP contribution is 2.17. The first-order chi connectivity index (χ1) is 6.60. The van der Waals surface area contributed by atoms with Crippen LogP contribution in [0.2, 0.25) is 0 Å². The van der Waals surface area contributed by atoms with E-state index in [-0.39, 0.29) is 18.2 Å². The zero-order valence-corrected chi connectivity index (χ0v) is 9.42. The van der Waals surface area contributed by atoms with E-state index in [9.17, 15) is 0 Å². The minimum atomic E-state index is 0.157. The molecule has 4 heteroatoms. The maximum absolute atomic E-state index is 9.08. The molecule has 0 saturated carbocycles. The van der Waals surface area contributed by atoms with E-state index in [0.717, 1.165) is 26.2 Å². The first-order valence-corrected chi connectivity index (χ1v) is 5.18. The number of ether oxygens (including phenoxy) is 1. The lowest BCUT2D eigenvalue weighted by Crippen LogP contribution is -2.63. The number of aliphatic hydroxyl groups excluding tert-OH is 1. The molecule has 14 heavy (non-hydrogen) atoms. The molecule has 1 saturated heterocycles. The number of aliphatic hydroxyl groups is 1.